The average Bonchev–Trinajstić information content (AvgIpc) is 3.36. The Balaban J connectivity index is 1.44. The number of fused-ring (bicyclic) bond motifs is 1. The Morgan fingerprint density at radius 2 is 2.00 bits per heavy atom. The normalized spacial score (nSPS) is 24.1. The Morgan fingerprint density at radius 3 is 2.75 bits per heavy atom. The fourth-order valence-corrected chi connectivity index (χ4v) is 3.29. The van der Waals surface area contributed by atoms with Gasteiger partial charge in [-0.3, -0.25) is 4.79 Å². The van der Waals surface area contributed by atoms with Crippen LogP contribution >= 0.6 is 0 Å². The molecule has 0 saturated heterocycles. The molecule has 1 unspecified atom stereocenters. The van der Waals surface area contributed by atoms with E-state index in [-0.39, 0.29) is 0 Å². The Bertz CT molecular complexity index is 519. The quantitative estimate of drug-likeness (QED) is 0.892. The third kappa shape index (κ3) is 2.41. The highest BCUT2D eigenvalue weighted by Gasteiger charge is 2.37. The minimum absolute atomic E-state index is 0.360. The summed E-state index contributed by atoms with van der Waals surface area (Å²) in [5.41, 5.74) is 2.54. The highest BCUT2D eigenvalue weighted by molar-refractivity contribution is 5.79. The Morgan fingerprint density at radius 1 is 1.20 bits per heavy atom. The molecule has 1 N–H and O–H groups in total. The van der Waals surface area contributed by atoms with Crippen molar-refractivity contribution in [1.29, 1.82) is 0 Å². The van der Waals surface area contributed by atoms with Crippen molar-refractivity contribution in [3.63, 3.8) is 0 Å². The number of carbonyl (C=O) groups is 1. The summed E-state index contributed by atoms with van der Waals surface area (Å²) in [5.74, 6) is 1.54. The highest BCUT2D eigenvalue weighted by Crippen LogP contribution is 2.38. The van der Waals surface area contributed by atoms with Crippen molar-refractivity contribution < 1.29 is 4.79 Å². The number of amides is 1. The summed E-state index contributed by atoms with van der Waals surface area (Å²) in [4.78, 5) is 14.8. The van der Waals surface area contributed by atoms with E-state index >= 15 is 0 Å². The number of benzene rings is 1. The minimum atomic E-state index is 0.360. The second kappa shape index (κ2) is 4.80. The summed E-state index contributed by atoms with van der Waals surface area (Å²) < 4.78 is 0. The number of nitrogens with one attached hydrogen (secondary N) is 1. The van der Waals surface area contributed by atoms with Crippen LogP contribution < -0.4 is 5.32 Å². The van der Waals surface area contributed by atoms with Crippen LogP contribution in [-0.4, -0.2) is 29.9 Å². The first-order chi connectivity index (χ1) is 9.81. The third-order valence-corrected chi connectivity index (χ3v) is 4.82. The summed E-state index contributed by atoms with van der Waals surface area (Å²) in [6, 6.07) is 8.97. The fourth-order valence-electron chi connectivity index (χ4n) is 3.29. The van der Waals surface area contributed by atoms with Crippen molar-refractivity contribution in [1.82, 2.24) is 4.90 Å². The van der Waals surface area contributed by atoms with Crippen LogP contribution in [0.4, 0.5) is 5.69 Å². The van der Waals surface area contributed by atoms with Crippen LogP contribution in [0.25, 0.3) is 0 Å². The predicted molar refractivity (Wildman–Crippen MR) is 79.7 cm³/mol. The minimum Gasteiger partial charge on any atom is -0.384 e. The number of hydrogen-bond acceptors (Lipinski definition) is 2. The molecular weight excluding hydrogens is 248 g/mol. The lowest BCUT2D eigenvalue weighted by atomic mass is 9.97. The molecule has 3 heteroatoms. The molecule has 3 nitrogen and oxygen atoms in total. The van der Waals surface area contributed by atoms with E-state index in [1.807, 2.05) is 0 Å². The Kier molecular flexibility index (Phi) is 2.94. The number of hydrogen-bond donors (Lipinski definition) is 1. The van der Waals surface area contributed by atoms with E-state index < -0.39 is 0 Å². The molecule has 1 amide bonds. The van der Waals surface area contributed by atoms with Crippen LogP contribution in [0.3, 0.4) is 0 Å². The number of anilines is 1. The standard InChI is InChI=1S/C17H22N2O/c20-17(19(14-7-8-14)11-12-5-6-12)9-13-10-18-16-4-2-1-3-15(13)16/h1-4,12-14,18H,5-11H2. The molecule has 2 saturated carbocycles. The molecule has 1 aromatic rings. The molecule has 0 bridgehead atoms. The lowest BCUT2D eigenvalue weighted by Gasteiger charge is -2.24. The molecule has 1 aromatic carbocycles. The molecule has 106 valence electrons. The molecular formula is C17H22N2O. The van der Waals surface area contributed by atoms with Gasteiger partial charge in [-0.25, -0.2) is 0 Å². The Hall–Kier alpha value is -1.51. The van der Waals surface area contributed by atoms with Crippen molar-refractivity contribution in [3.8, 4) is 0 Å². The van der Waals surface area contributed by atoms with E-state index in [2.05, 4.69) is 34.5 Å². The van der Waals surface area contributed by atoms with E-state index in [0.29, 0.717) is 24.3 Å². The van der Waals surface area contributed by atoms with Gasteiger partial charge in [0.05, 0.1) is 0 Å². The number of nitrogens with zero attached hydrogens (tertiary/aromatic N) is 1. The van der Waals surface area contributed by atoms with E-state index in [1.54, 1.807) is 0 Å². The van der Waals surface area contributed by atoms with Crippen molar-refractivity contribution in [3.05, 3.63) is 29.8 Å². The first-order valence-electron chi connectivity index (χ1n) is 7.93. The second-order valence-electron chi connectivity index (χ2n) is 6.59. The summed E-state index contributed by atoms with van der Waals surface area (Å²) in [7, 11) is 0. The van der Waals surface area contributed by atoms with Crippen LogP contribution in [0, 0.1) is 5.92 Å². The maximum Gasteiger partial charge on any atom is 0.223 e. The van der Waals surface area contributed by atoms with E-state index in [0.717, 1.165) is 19.0 Å². The number of rotatable bonds is 5. The van der Waals surface area contributed by atoms with Crippen molar-refractivity contribution >= 4 is 11.6 Å². The van der Waals surface area contributed by atoms with Gasteiger partial charge in [-0.15, -0.1) is 0 Å². The molecule has 0 spiro atoms. The molecule has 20 heavy (non-hydrogen) atoms. The smallest absolute Gasteiger partial charge is 0.223 e. The average molecular weight is 270 g/mol. The van der Waals surface area contributed by atoms with Gasteiger partial charge in [0.2, 0.25) is 5.91 Å². The largest absolute Gasteiger partial charge is 0.384 e. The van der Waals surface area contributed by atoms with Gasteiger partial charge in [0, 0.05) is 37.2 Å². The fraction of sp³-hybridized carbons (Fsp3) is 0.588. The van der Waals surface area contributed by atoms with Crippen LogP contribution in [0.1, 0.15) is 43.6 Å². The van der Waals surface area contributed by atoms with Gasteiger partial charge in [0.25, 0.3) is 0 Å². The van der Waals surface area contributed by atoms with Crippen LogP contribution in [-0.2, 0) is 4.79 Å². The maximum absolute atomic E-state index is 12.7. The zero-order chi connectivity index (χ0) is 13.5. The predicted octanol–water partition coefficient (Wildman–Crippen LogP) is 2.99. The molecule has 4 rings (SSSR count). The van der Waals surface area contributed by atoms with Gasteiger partial charge < -0.3 is 10.2 Å². The van der Waals surface area contributed by atoms with Crippen molar-refractivity contribution in [2.24, 2.45) is 5.92 Å². The molecule has 1 aliphatic heterocycles. The van der Waals surface area contributed by atoms with Gasteiger partial charge in [-0.2, -0.15) is 0 Å². The van der Waals surface area contributed by atoms with E-state index in [9.17, 15) is 4.79 Å². The molecule has 0 aromatic heterocycles. The topological polar surface area (TPSA) is 32.3 Å². The van der Waals surface area contributed by atoms with Gasteiger partial charge in [0.1, 0.15) is 0 Å². The van der Waals surface area contributed by atoms with Crippen LogP contribution in [0.5, 0.6) is 0 Å². The van der Waals surface area contributed by atoms with Crippen LogP contribution in [0.2, 0.25) is 0 Å². The van der Waals surface area contributed by atoms with Gasteiger partial charge in [0.15, 0.2) is 0 Å². The maximum atomic E-state index is 12.7. The molecule has 1 heterocycles. The third-order valence-electron chi connectivity index (χ3n) is 4.82. The molecule has 3 aliphatic rings. The van der Waals surface area contributed by atoms with Gasteiger partial charge in [-0.1, -0.05) is 18.2 Å². The zero-order valence-electron chi connectivity index (χ0n) is 11.8. The Labute approximate surface area is 120 Å². The van der Waals surface area contributed by atoms with E-state index in [1.165, 1.54) is 36.9 Å². The molecule has 1 atom stereocenters. The first kappa shape index (κ1) is 12.2. The molecule has 0 radical (unpaired) electrons. The van der Waals surface area contributed by atoms with Crippen molar-refractivity contribution in [2.75, 3.05) is 18.4 Å². The lowest BCUT2D eigenvalue weighted by Crippen LogP contribution is -2.35. The van der Waals surface area contributed by atoms with Crippen LogP contribution in [0.15, 0.2) is 24.3 Å². The summed E-state index contributed by atoms with van der Waals surface area (Å²) in [6.07, 6.45) is 5.76. The van der Waals surface area contributed by atoms with Crippen molar-refractivity contribution in [2.45, 2.75) is 44.1 Å². The molecule has 2 aliphatic carbocycles. The van der Waals surface area contributed by atoms with E-state index in [4.69, 9.17) is 0 Å². The second-order valence-corrected chi connectivity index (χ2v) is 6.59. The highest BCUT2D eigenvalue weighted by atomic mass is 16.2. The first-order valence-corrected chi connectivity index (χ1v) is 7.93. The summed E-state index contributed by atoms with van der Waals surface area (Å²) >= 11 is 0. The number of para-hydroxylation sites is 1. The molecule has 2 fully saturated rings. The zero-order valence-corrected chi connectivity index (χ0v) is 11.8. The van der Waals surface area contributed by atoms with Gasteiger partial charge in [-0.05, 0) is 43.2 Å². The lowest BCUT2D eigenvalue weighted by molar-refractivity contribution is -0.132. The number of carbonyl (C=O) groups excluding carboxylic acids is 1. The summed E-state index contributed by atoms with van der Waals surface area (Å²) in [5, 5.41) is 3.42. The monoisotopic (exact) mass is 270 g/mol. The SMILES string of the molecule is O=C(CC1CNc2ccccc21)N(CC1CC1)C1CC1. The summed E-state index contributed by atoms with van der Waals surface area (Å²) in [6.45, 7) is 1.93. The van der Waals surface area contributed by atoms with Gasteiger partial charge >= 0.3 is 0 Å².